The van der Waals surface area contributed by atoms with E-state index >= 15 is 0 Å². The summed E-state index contributed by atoms with van der Waals surface area (Å²) in [7, 11) is 1.51. The molecule has 25 heavy (non-hydrogen) atoms. The van der Waals surface area contributed by atoms with Crippen LogP contribution in [0.2, 0.25) is 5.02 Å². The van der Waals surface area contributed by atoms with Crippen LogP contribution in [0.3, 0.4) is 0 Å². The minimum Gasteiger partial charge on any atom is -0.495 e. The van der Waals surface area contributed by atoms with Gasteiger partial charge in [0.1, 0.15) is 11.8 Å². The number of carbonyl (C=O) groups is 1. The largest absolute Gasteiger partial charge is 0.495 e. The van der Waals surface area contributed by atoms with Gasteiger partial charge in [-0.1, -0.05) is 42.6 Å². The Balaban J connectivity index is 1.93. The number of carbonyl (C=O) groups excluding carboxylic acids is 1. The summed E-state index contributed by atoms with van der Waals surface area (Å²) in [6, 6.07) is 14.7. The predicted molar refractivity (Wildman–Crippen MR) is 97.9 cm³/mol. The van der Waals surface area contributed by atoms with Crippen molar-refractivity contribution in [2.45, 2.75) is 31.1 Å². The molecule has 1 saturated carbocycles. The standard InChI is InChI=1S/C20H19ClN2O2/c1-25-18-9-8-15(12-14(18)13-22)23-19(24)20(10-4-5-11-20)16-6-2-3-7-17(16)21/h2-3,6-9,12H,4-5,10-11H2,1H3,(H,23,24). The van der Waals surface area contributed by atoms with E-state index in [0.717, 1.165) is 31.2 Å². The van der Waals surface area contributed by atoms with E-state index in [-0.39, 0.29) is 5.91 Å². The molecule has 2 aromatic rings. The molecule has 1 aliphatic carbocycles. The Hall–Kier alpha value is -2.51. The van der Waals surface area contributed by atoms with Crippen LogP contribution >= 0.6 is 11.6 Å². The molecule has 0 atom stereocenters. The molecular weight excluding hydrogens is 336 g/mol. The predicted octanol–water partition coefficient (Wildman–Crippen LogP) is 4.67. The van der Waals surface area contributed by atoms with Gasteiger partial charge in [0, 0.05) is 10.7 Å². The Morgan fingerprint density at radius 3 is 2.60 bits per heavy atom. The quantitative estimate of drug-likeness (QED) is 0.867. The zero-order valence-electron chi connectivity index (χ0n) is 14.0. The molecule has 1 amide bonds. The van der Waals surface area contributed by atoms with Crippen LogP contribution in [0.5, 0.6) is 5.75 Å². The fraction of sp³-hybridized carbons (Fsp3) is 0.300. The van der Waals surface area contributed by atoms with Crippen LogP contribution in [0.4, 0.5) is 5.69 Å². The van der Waals surface area contributed by atoms with Crippen LogP contribution in [-0.4, -0.2) is 13.0 Å². The number of hydrogen-bond acceptors (Lipinski definition) is 3. The maximum Gasteiger partial charge on any atom is 0.235 e. The van der Waals surface area contributed by atoms with Gasteiger partial charge in [0.25, 0.3) is 0 Å². The van der Waals surface area contributed by atoms with Gasteiger partial charge in [-0.2, -0.15) is 5.26 Å². The third-order valence-corrected chi connectivity index (χ3v) is 5.19. The smallest absolute Gasteiger partial charge is 0.235 e. The van der Waals surface area contributed by atoms with E-state index in [1.54, 1.807) is 18.2 Å². The van der Waals surface area contributed by atoms with Crippen molar-refractivity contribution in [1.29, 1.82) is 5.26 Å². The fourth-order valence-corrected chi connectivity index (χ4v) is 3.89. The highest BCUT2D eigenvalue weighted by molar-refractivity contribution is 6.31. The van der Waals surface area contributed by atoms with Crippen molar-refractivity contribution in [3.8, 4) is 11.8 Å². The summed E-state index contributed by atoms with van der Waals surface area (Å²) >= 11 is 6.39. The number of nitriles is 1. The Morgan fingerprint density at radius 2 is 1.96 bits per heavy atom. The molecule has 0 aliphatic heterocycles. The molecule has 0 heterocycles. The number of rotatable bonds is 4. The number of benzene rings is 2. The number of anilines is 1. The topological polar surface area (TPSA) is 62.1 Å². The molecule has 0 bridgehead atoms. The molecule has 128 valence electrons. The van der Waals surface area contributed by atoms with Crippen molar-refractivity contribution in [1.82, 2.24) is 0 Å². The van der Waals surface area contributed by atoms with Crippen molar-refractivity contribution in [3.63, 3.8) is 0 Å². The van der Waals surface area contributed by atoms with Gasteiger partial charge < -0.3 is 10.1 Å². The Labute approximate surface area is 152 Å². The Morgan fingerprint density at radius 1 is 1.24 bits per heavy atom. The van der Waals surface area contributed by atoms with Gasteiger partial charge >= 0.3 is 0 Å². The van der Waals surface area contributed by atoms with E-state index in [1.165, 1.54) is 7.11 Å². The first-order valence-electron chi connectivity index (χ1n) is 8.25. The number of nitrogens with zero attached hydrogens (tertiary/aromatic N) is 1. The molecule has 0 radical (unpaired) electrons. The van der Waals surface area contributed by atoms with Crippen molar-refractivity contribution in [3.05, 3.63) is 58.6 Å². The molecule has 0 saturated heterocycles. The van der Waals surface area contributed by atoms with E-state index in [2.05, 4.69) is 11.4 Å². The van der Waals surface area contributed by atoms with Gasteiger partial charge in [0.2, 0.25) is 5.91 Å². The average molecular weight is 355 g/mol. The summed E-state index contributed by atoms with van der Waals surface area (Å²) in [5, 5.41) is 12.8. The maximum absolute atomic E-state index is 13.2. The fourth-order valence-electron chi connectivity index (χ4n) is 3.57. The number of methoxy groups -OCH3 is 1. The summed E-state index contributed by atoms with van der Waals surface area (Å²) in [4.78, 5) is 13.2. The monoisotopic (exact) mass is 354 g/mol. The first-order valence-corrected chi connectivity index (χ1v) is 8.63. The van der Waals surface area contributed by atoms with Crippen molar-refractivity contribution in [2.75, 3.05) is 12.4 Å². The molecule has 1 fully saturated rings. The highest BCUT2D eigenvalue weighted by atomic mass is 35.5. The zero-order valence-corrected chi connectivity index (χ0v) is 14.8. The van der Waals surface area contributed by atoms with E-state index in [9.17, 15) is 10.1 Å². The lowest BCUT2D eigenvalue weighted by Gasteiger charge is -2.29. The second-order valence-electron chi connectivity index (χ2n) is 6.25. The Kier molecular flexibility index (Phi) is 4.96. The van der Waals surface area contributed by atoms with Gasteiger partial charge in [-0.25, -0.2) is 0 Å². The van der Waals surface area contributed by atoms with E-state index in [1.807, 2.05) is 24.3 Å². The normalized spacial score (nSPS) is 15.4. The summed E-state index contributed by atoms with van der Waals surface area (Å²) in [5.41, 5.74) is 1.23. The minimum absolute atomic E-state index is 0.0767. The second-order valence-corrected chi connectivity index (χ2v) is 6.66. The summed E-state index contributed by atoms with van der Waals surface area (Å²) in [6.45, 7) is 0. The summed E-state index contributed by atoms with van der Waals surface area (Å²) < 4.78 is 5.15. The van der Waals surface area contributed by atoms with Crippen molar-refractivity contribution >= 4 is 23.2 Å². The molecule has 4 nitrogen and oxygen atoms in total. The third-order valence-electron chi connectivity index (χ3n) is 4.86. The van der Waals surface area contributed by atoms with Gasteiger partial charge in [-0.05, 0) is 42.7 Å². The van der Waals surface area contributed by atoms with Gasteiger partial charge in [-0.15, -0.1) is 0 Å². The van der Waals surface area contributed by atoms with Crippen LogP contribution in [0.25, 0.3) is 0 Å². The Bertz CT molecular complexity index is 836. The van der Waals surface area contributed by atoms with E-state index in [0.29, 0.717) is 22.0 Å². The van der Waals surface area contributed by atoms with Gasteiger partial charge in [0.15, 0.2) is 0 Å². The lowest BCUT2D eigenvalue weighted by Crippen LogP contribution is -2.38. The van der Waals surface area contributed by atoms with E-state index < -0.39 is 5.41 Å². The van der Waals surface area contributed by atoms with Crippen molar-refractivity contribution < 1.29 is 9.53 Å². The highest BCUT2D eigenvalue weighted by Crippen LogP contribution is 2.44. The second kappa shape index (κ2) is 7.16. The molecule has 0 spiro atoms. The number of halogens is 1. The number of amides is 1. The van der Waals surface area contributed by atoms with Crippen LogP contribution in [0.1, 0.15) is 36.8 Å². The maximum atomic E-state index is 13.2. The molecule has 0 aromatic heterocycles. The highest BCUT2D eigenvalue weighted by Gasteiger charge is 2.43. The summed E-state index contributed by atoms with van der Waals surface area (Å²) in [6.07, 6.45) is 3.52. The number of ether oxygens (including phenoxy) is 1. The van der Waals surface area contributed by atoms with Gasteiger partial charge in [-0.3, -0.25) is 4.79 Å². The lowest BCUT2D eigenvalue weighted by atomic mass is 9.78. The van der Waals surface area contributed by atoms with Gasteiger partial charge in [0.05, 0.1) is 18.1 Å². The molecule has 0 unspecified atom stereocenters. The molecule has 1 aliphatic rings. The van der Waals surface area contributed by atoms with Crippen LogP contribution in [-0.2, 0) is 10.2 Å². The number of hydrogen-bond donors (Lipinski definition) is 1. The summed E-state index contributed by atoms with van der Waals surface area (Å²) in [5.74, 6) is 0.411. The molecule has 3 rings (SSSR count). The molecule has 2 aromatic carbocycles. The van der Waals surface area contributed by atoms with Crippen LogP contribution in [0, 0.1) is 11.3 Å². The molecule has 1 N–H and O–H groups in total. The number of nitrogens with one attached hydrogen (secondary N) is 1. The SMILES string of the molecule is COc1ccc(NC(=O)C2(c3ccccc3Cl)CCCC2)cc1C#N. The first-order chi connectivity index (χ1) is 12.1. The zero-order chi connectivity index (χ0) is 17.9. The lowest BCUT2D eigenvalue weighted by molar-refractivity contribution is -0.121. The van der Waals surface area contributed by atoms with Crippen LogP contribution < -0.4 is 10.1 Å². The first kappa shape index (κ1) is 17.3. The minimum atomic E-state index is -0.620. The molecular formula is C20H19ClN2O2. The third kappa shape index (κ3) is 3.20. The van der Waals surface area contributed by atoms with Crippen LogP contribution in [0.15, 0.2) is 42.5 Å². The van der Waals surface area contributed by atoms with E-state index in [4.69, 9.17) is 16.3 Å². The average Bonchev–Trinajstić information content (AvgIpc) is 3.13. The van der Waals surface area contributed by atoms with Crippen molar-refractivity contribution in [2.24, 2.45) is 0 Å². The molecule has 5 heteroatoms.